The van der Waals surface area contributed by atoms with Crippen LogP contribution in [0, 0.1) is 0 Å². The molecule has 3 heterocycles. The zero-order chi connectivity index (χ0) is 22.5. The molecule has 0 bridgehead atoms. The lowest BCUT2D eigenvalue weighted by atomic mass is 10.0. The van der Waals surface area contributed by atoms with Gasteiger partial charge >= 0.3 is 0 Å². The Labute approximate surface area is 189 Å². The van der Waals surface area contributed by atoms with Crippen molar-refractivity contribution in [3.63, 3.8) is 0 Å². The van der Waals surface area contributed by atoms with Crippen molar-refractivity contribution in [2.75, 3.05) is 12.4 Å². The van der Waals surface area contributed by atoms with Crippen LogP contribution in [0.1, 0.15) is 47.7 Å². The summed E-state index contributed by atoms with van der Waals surface area (Å²) in [6.07, 6.45) is 7.86. The summed E-state index contributed by atoms with van der Waals surface area (Å²) in [6.45, 7) is 0. The Kier molecular flexibility index (Phi) is 4.53. The van der Waals surface area contributed by atoms with Gasteiger partial charge in [-0.15, -0.1) is 5.10 Å². The normalized spacial score (nSPS) is 15.6. The molecule has 33 heavy (non-hydrogen) atoms. The molecule has 0 spiro atoms. The number of hydrogen-bond donors (Lipinski definition) is 3. The van der Waals surface area contributed by atoms with Gasteiger partial charge < -0.3 is 15.4 Å². The number of rotatable bonds is 7. The monoisotopic (exact) mass is 444 g/mol. The van der Waals surface area contributed by atoms with Gasteiger partial charge in [-0.2, -0.15) is 10.1 Å². The van der Waals surface area contributed by atoms with Crippen molar-refractivity contribution in [1.82, 2.24) is 35.3 Å². The Hall–Kier alpha value is -3.95. The highest BCUT2D eigenvalue weighted by molar-refractivity contribution is 5.95. The standard InChI is InChI=1S/C23H24N8O2/c1-31-23(27-17-8-7-16-15(11-25-29-16)19(17)12-3-4-12)28-21(30-31)13-9-18(33-2)20(24-10-13)22(32)26-14-5-6-14/h7-12,14H,3-6H2,1-2H3,(H,25,29)(H,26,32)(H,27,28,30). The predicted molar refractivity (Wildman–Crippen MR) is 123 cm³/mol. The predicted octanol–water partition coefficient (Wildman–Crippen LogP) is 3.28. The number of aryl methyl sites for hydroxylation is 1. The first kappa shape index (κ1) is 19.7. The smallest absolute Gasteiger partial charge is 0.273 e. The number of nitrogens with zero attached hydrogens (tertiary/aromatic N) is 5. The minimum atomic E-state index is -0.223. The number of H-pyrrole nitrogens is 1. The first-order valence-corrected chi connectivity index (χ1v) is 11.1. The van der Waals surface area contributed by atoms with Gasteiger partial charge in [-0.05, 0) is 55.4 Å². The van der Waals surface area contributed by atoms with E-state index in [2.05, 4.69) is 37.0 Å². The minimum Gasteiger partial charge on any atom is -0.494 e. The van der Waals surface area contributed by atoms with Gasteiger partial charge in [0.05, 0.1) is 18.8 Å². The Bertz CT molecular complexity index is 1370. The summed E-state index contributed by atoms with van der Waals surface area (Å²) in [7, 11) is 3.37. The number of methoxy groups -OCH3 is 1. The molecule has 10 heteroatoms. The SMILES string of the molecule is COc1cc(-c2nc(Nc3ccc4[nH]ncc4c3C3CC3)n(C)n2)cnc1C(=O)NC1CC1. The number of anilines is 2. The van der Waals surface area contributed by atoms with E-state index in [1.54, 1.807) is 16.9 Å². The lowest BCUT2D eigenvalue weighted by Crippen LogP contribution is -2.26. The number of pyridine rings is 1. The fourth-order valence-electron chi connectivity index (χ4n) is 4.07. The highest BCUT2D eigenvalue weighted by Gasteiger charge is 2.29. The minimum absolute atomic E-state index is 0.223. The van der Waals surface area contributed by atoms with Crippen molar-refractivity contribution < 1.29 is 9.53 Å². The molecule has 0 unspecified atom stereocenters. The third-order valence-corrected chi connectivity index (χ3v) is 6.12. The van der Waals surface area contributed by atoms with E-state index in [0.717, 1.165) is 29.4 Å². The molecule has 0 atom stereocenters. The lowest BCUT2D eigenvalue weighted by molar-refractivity contribution is 0.0942. The molecule has 168 valence electrons. The van der Waals surface area contributed by atoms with E-state index in [-0.39, 0.29) is 17.6 Å². The number of nitrogens with one attached hydrogen (secondary N) is 3. The third-order valence-electron chi connectivity index (χ3n) is 6.12. The van der Waals surface area contributed by atoms with Crippen LogP contribution in [-0.4, -0.2) is 49.0 Å². The molecule has 2 saturated carbocycles. The van der Waals surface area contributed by atoms with Gasteiger partial charge in [-0.3, -0.25) is 9.89 Å². The zero-order valence-corrected chi connectivity index (χ0v) is 18.4. The number of ether oxygens (including phenoxy) is 1. The van der Waals surface area contributed by atoms with E-state index in [4.69, 9.17) is 9.72 Å². The van der Waals surface area contributed by atoms with Crippen molar-refractivity contribution in [1.29, 1.82) is 0 Å². The largest absolute Gasteiger partial charge is 0.494 e. The summed E-state index contributed by atoms with van der Waals surface area (Å²) in [6, 6.07) is 6.08. The van der Waals surface area contributed by atoms with Crippen LogP contribution in [0.15, 0.2) is 30.6 Å². The number of carbonyl (C=O) groups is 1. The number of aromatic nitrogens is 6. The quantitative estimate of drug-likeness (QED) is 0.400. The van der Waals surface area contributed by atoms with Gasteiger partial charge in [0.25, 0.3) is 5.91 Å². The van der Waals surface area contributed by atoms with E-state index in [1.165, 1.54) is 25.5 Å². The molecule has 0 radical (unpaired) electrons. The molecule has 3 aromatic heterocycles. The Balaban J connectivity index is 1.30. The second-order valence-corrected chi connectivity index (χ2v) is 8.66. The maximum atomic E-state index is 12.4. The molecular formula is C23H24N8O2. The summed E-state index contributed by atoms with van der Waals surface area (Å²) >= 11 is 0. The third kappa shape index (κ3) is 3.67. The molecule has 10 nitrogen and oxygen atoms in total. The van der Waals surface area contributed by atoms with Crippen molar-refractivity contribution in [2.24, 2.45) is 7.05 Å². The van der Waals surface area contributed by atoms with Crippen molar-refractivity contribution in [2.45, 2.75) is 37.6 Å². The summed E-state index contributed by atoms with van der Waals surface area (Å²) in [5.41, 5.74) is 4.25. The van der Waals surface area contributed by atoms with Gasteiger partial charge in [-0.1, -0.05) is 0 Å². The molecule has 2 fully saturated rings. The highest BCUT2D eigenvalue weighted by Crippen LogP contribution is 2.47. The van der Waals surface area contributed by atoms with Crippen LogP contribution in [0.5, 0.6) is 5.75 Å². The number of benzene rings is 1. The average molecular weight is 444 g/mol. The summed E-state index contributed by atoms with van der Waals surface area (Å²) < 4.78 is 7.14. The molecule has 1 aromatic carbocycles. The number of amides is 1. The average Bonchev–Trinajstić information content (AvgIpc) is 3.74. The second kappa shape index (κ2) is 7.58. The summed E-state index contributed by atoms with van der Waals surface area (Å²) in [4.78, 5) is 21.5. The van der Waals surface area contributed by atoms with Crippen LogP contribution in [-0.2, 0) is 7.05 Å². The molecule has 1 amide bonds. The van der Waals surface area contributed by atoms with Crippen LogP contribution in [0.3, 0.4) is 0 Å². The Morgan fingerprint density at radius 1 is 1.21 bits per heavy atom. The van der Waals surface area contributed by atoms with E-state index in [1.807, 2.05) is 19.3 Å². The molecule has 4 aromatic rings. The lowest BCUT2D eigenvalue weighted by Gasteiger charge is -2.11. The van der Waals surface area contributed by atoms with Crippen molar-refractivity contribution >= 4 is 28.4 Å². The molecular weight excluding hydrogens is 420 g/mol. The Morgan fingerprint density at radius 2 is 2.06 bits per heavy atom. The van der Waals surface area contributed by atoms with E-state index < -0.39 is 0 Å². The van der Waals surface area contributed by atoms with Crippen LogP contribution in [0.25, 0.3) is 22.3 Å². The van der Waals surface area contributed by atoms with Gasteiger partial charge in [0, 0.05) is 35.9 Å². The van der Waals surface area contributed by atoms with E-state index >= 15 is 0 Å². The molecule has 3 N–H and O–H groups in total. The highest BCUT2D eigenvalue weighted by atomic mass is 16.5. The fourth-order valence-corrected chi connectivity index (χ4v) is 4.07. The second-order valence-electron chi connectivity index (χ2n) is 8.66. The molecule has 2 aliphatic carbocycles. The first-order chi connectivity index (χ1) is 16.1. The van der Waals surface area contributed by atoms with Gasteiger partial charge in [-0.25, -0.2) is 9.67 Å². The summed E-state index contributed by atoms with van der Waals surface area (Å²) in [5, 5.41) is 19.3. The maximum absolute atomic E-state index is 12.4. The number of hydrogen-bond acceptors (Lipinski definition) is 7. The van der Waals surface area contributed by atoms with Gasteiger partial charge in [0.1, 0.15) is 0 Å². The van der Waals surface area contributed by atoms with Gasteiger partial charge in [0.2, 0.25) is 5.95 Å². The van der Waals surface area contributed by atoms with Crippen LogP contribution < -0.4 is 15.4 Å². The number of aromatic amines is 1. The number of fused-ring (bicyclic) bond motifs is 1. The van der Waals surface area contributed by atoms with E-state index in [0.29, 0.717) is 29.0 Å². The van der Waals surface area contributed by atoms with Crippen molar-refractivity contribution in [3.05, 3.63) is 41.9 Å². The molecule has 0 aliphatic heterocycles. The Morgan fingerprint density at radius 3 is 2.82 bits per heavy atom. The van der Waals surface area contributed by atoms with Crippen molar-refractivity contribution in [3.8, 4) is 17.1 Å². The van der Waals surface area contributed by atoms with Crippen LogP contribution in [0.2, 0.25) is 0 Å². The topological polar surface area (TPSA) is 123 Å². The van der Waals surface area contributed by atoms with Gasteiger partial charge in [0.15, 0.2) is 17.3 Å². The van der Waals surface area contributed by atoms with Crippen LogP contribution in [0.4, 0.5) is 11.6 Å². The first-order valence-electron chi connectivity index (χ1n) is 11.1. The maximum Gasteiger partial charge on any atom is 0.273 e. The van der Waals surface area contributed by atoms with Crippen LogP contribution >= 0.6 is 0 Å². The molecule has 0 saturated heterocycles. The molecule has 6 rings (SSSR count). The molecule has 2 aliphatic rings. The summed E-state index contributed by atoms with van der Waals surface area (Å²) in [5.74, 6) is 1.82. The number of carbonyl (C=O) groups excluding carboxylic acids is 1. The zero-order valence-electron chi connectivity index (χ0n) is 18.4. The fraction of sp³-hybridized carbons (Fsp3) is 0.348. The van der Waals surface area contributed by atoms with E-state index in [9.17, 15) is 4.79 Å².